The number of carbonyl (C=O) groups excluding carboxylic acids is 9. The Bertz CT molecular complexity index is 3570. The van der Waals surface area contributed by atoms with Gasteiger partial charge in [-0.25, -0.2) is 15.6 Å². The number of hydrogen-bond acceptors (Lipinski definition) is 17. The van der Waals surface area contributed by atoms with Crippen molar-refractivity contribution < 1.29 is 62.1 Å². The monoisotopic (exact) mass is 1370 g/mol. The van der Waals surface area contributed by atoms with Gasteiger partial charge in [-0.3, -0.25) is 58.3 Å². The second kappa shape index (κ2) is 31.3. The van der Waals surface area contributed by atoms with Crippen molar-refractivity contribution in [3.8, 4) is 0 Å². The highest BCUT2D eigenvalue weighted by Crippen LogP contribution is 2.33. The van der Waals surface area contributed by atoms with Crippen LogP contribution in [-0.2, 0) is 57.3 Å². The van der Waals surface area contributed by atoms with Crippen LogP contribution in [0, 0.1) is 27.6 Å². The van der Waals surface area contributed by atoms with Crippen molar-refractivity contribution in [2.24, 2.45) is 27.6 Å². The summed E-state index contributed by atoms with van der Waals surface area (Å²) in [6, 6.07) is 15.9. The van der Waals surface area contributed by atoms with Crippen LogP contribution in [0.25, 0.3) is 34.0 Å². The van der Waals surface area contributed by atoms with Crippen LogP contribution in [0.4, 0.5) is 4.79 Å². The minimum absolute atomic E-state index is 0.0856. The summed E-state index contributed by atoms with van der Waals surface area (Å²) in [5.74, 6) is -4.48. The average molecular weight is 1380 g/mol. The molecule has 0 radical (unpaired) electrons. The largest absolute Gasteiger partial charge is 0.460 e. The molecule has 4 aromatic rings. The Kier molecular flexibility index (Phi) is 25.3. The third kappa shape index (κ3) is 22.1. The normalized spacial score (nSPS) is 21.7. The second-order valence-electron chi connectivity index (χ2n) is 29.0. The van der Waals surface area contributed by atoms with E-state index >= 15 is 0 Å². The molecular weight excluding hydrogens is 1280 g/mol. The molecule has 3 aliphatic rings. The van der Waals surface area contributed by atoms with Crippen molar-refractivity contribution in [3.05, 3.63) is 95.3 Å². The molecule has 5 bridgehead atoms. The van der Waals surface area contributed by atoms with Crippen LogP contribution >= 0.6 is 34.8 Å². The van der Waals surface area contributed by atoms with Crippen LogP contribution in [0.5, 0.6) is 0 Å². The third-order valence-corrected chi connectivity index (χ3v) is 16.3. The van der Waals surface area contributed by atoms with Gasteiger partial charge in [0.15, 0.2) is 18.0 Å². The zero-order valence-electron chi connectivity index (χ0n) is 57.6. The maximum absolute atomic E-state index is 13.6. The maximum atomic E-state index is 13.6. The molecule has 5 N–H and O–H groups in total. The topological polar surface area (TPSA) is 283 Å². The Morgan fingerprint density at radius 1 is 0.800 bits per heavy atom. The van der Waals surface area contributed by atoms with Crippen LogP contribution in [0.3, 0.4) is 0 Å². The number of nitrogens with one attached hydrogen (secondary N) is 5. The fraction of sp³-hybridized carbons (Fsp3) is 0.557. The number of nitrogens with zero attached hydrogens (tertiary/aromatic N) is 4. The number of alkyl halides is 3. The molecule has 0 unspecified atom stereocenters. The minimum atomic E-state index is -1.78. The molecule has 2 aromatic carbocycles. The number of Topliss-reactive ketones (excluding diaryl/α,β-unsaturated/α-hetero) is 1. The lowest BCUT2D eigenvalue weighted by atomic mass is 9.83. The number of rotatable bonds is 11. The Morgan fingerprint density at radius 3 is 2.07 bits per heavy atom. The summed E-state index contributed by atoms with van der Waals surface area (Å²) in [4.78, 5) is 128. The number of amides is 5. The van der Waals surface area contributed by atoms with Crippen LogP contribution in [0.15, 0.2) is 72.8 Å². The average Bonchev–Trinajstić information content (AvgIpc) is 1.18. The van der Waals surface area contributed by atoms with E-state index in [-0.39, 0.29) is 36.6 Å². The molecule has 0 aliphatic carbocycles. The van der Waals surface area contributed by atoms with E-state index in [9.17, 15) is 43.2 Å². The number of ketones is 1. The molecule has 0 saturated carbocycles. The van der Waals surface area contributed by atoms with E-state index in [1.165, 1.54) is 16.9 Å². The number of aromatic nitrogens is 2. The summed E-state index contributed by atoms with van der Waals surface area (Å²) in [6.07, 6.45) is 6.28. The predicted octanol–water partition coefficient (Wildman–Crippen LogP) is 11.2. The van der Waals surface area contributed by atoms with Crippen LogP contribution < -0.4 is 26.8 Å². The number of carbonyl (C=O) groups is 9. The van der Waals surface area contributed by atoms with Gasteiger partial charge in [0.1, 0.15) is 30.3 Å². The summed E-state index contributed by atoms with van der Waals surface area (Å²) in [7, 11) is 0. The van der Waals surface area contributed by atoms with Gasteiger partial charge in [0, 0.05) is 47.0 Å². The number of esters is 3. The van der Waals surface area contributed by atoms with Gasteiger partial charge in [0.2, 0.25) is 15.6 Å². The van der Waals surface area contributed by atoms with E-state index in [4.69, 9.17) is 63.7 Å². The summed E-state index contributed by atoms with van der Waals surface area (Å²) in [5, 5.41) is 13.0. The van der Waals surface area contributed by atoms with Crippen molar-refractivity contribution >= 4 is 122 Å². The lowest BCUT2D eigenvalue weighted by molar-refractivity contribution is -0.169. The maximum Gasteiger partial charge on any atom is 0.408 e. The molecular formula is C70H94Cl3N9O13. The van der Waals surface area contributed by atoms with Crippen molar-refractivity contribution in [3.63, 3.8) is 0 Å². The summed E-state index contributed by atoms with van der Waals surface area (Å²) in [5.41, 5.74) is 6.03. The van der Waals surface area contributed by atoms with Gasteiger partial charge >= 0.3 is 24.0 Å². The van der Waals surface area contributed by atoms with Crippen molar-refractivity contribution in [1.82, 2.24) is 46.8 Å². The zero-order valence-corrected chi connectivity index (χ0v) is 59.9. The number of halogens is 3. The highest BCUT2D eigenvalue weighted by atomic mass is 35.6. The molecule has 0 spiro atoms. The lowest BCUT2D eigenvalue weighted by Crippen LogP contribution is -2.60. The van der Waals surface area contributed by atoms with E-state index < -0.39 is 116 Å². The Labute approximate surface area is 572 Å². The molecule has 7 rings (SSSR count). The number of hydrazine groups is 2. The number of pyridine rings is 2. The van der Waals surface area contributed by atoms with Gasteiger partial charge in [-0.15, -0.1) is 0 Å². The number of fused-ring (bicyclic) bond motifs is 5. The first-order valence-electron chi connectivity index (χ1n) is 32.0. The summed E-state index contributed by atoms with van der Waals surface area (Å²) >= 11 is 17.0. The predicted molar refractivity (Wildman–Crippen MR) is 366 cm³/mol. The van der Waals surface area contributed by atoms with Crippen LogP contribution in [0.1, 0.15) is 184 Å². The zero-order chi connectivity index (χ0) is 70.9. The first-order valence-corrected chi connectivity index (χ1v) is 33.2. The minimum Gasteiger partial charge on any atom is -0.460 e. The molecule has 518 valence electrons. The molecule has 2 fully saturated rings. The first-order chi connectivity index (χ1) is 43.9. The van der Waals surface area contributed by atoms with Gasteiger partial charge in [0.05, 0.1) is 45.3 Å². The molecule has 5 amide bonds. The van der Waals surface area contributed by atoms with Gasteiger partial charge in [-0.2, -0.15) is 0 Å². The molecule has 95 heavy (non-hydrogen) atoms. The number of hydrogen-bond donors (Lipinski definition) is 5. The lowest BCUT2D eigenvalue weighted by Gasteiger charge is -2.36. The van der Waals surface area contributed by atoms with E-state index in [1.54, 1.807) is 94.4 Å². The fourth-order valence-corrected chi connectivity index (χ4v) is 10.6. The van der Waals surface area contributed by atoms with Gasteiger partial charge in [-0.05, 0) is 130 Å². The molecule has 2 aromatic heterocycles. The second-order valence-corrected chi connectivity index (χ2v) is 31.6. The Morgan fingerprint density at radius 2 is 1.43 bits per heavy atom. The van der Waals surface area contributed by atoms with Crippen molar-refractivity contribution in [2.45, 2.75) is 202 Å². The van der Waals surface area contributed by atoms with E-state index in [0.717, 1.165) is 27.4 Å². The SMILES string of the molecule is C[C@@H]1CC(=O)[C@H](C(C)(C)C)OC(=O)C(C)(C)/C=C/c2ccc3ccc(nc3c2)[C@@H](C)NC(=O)[C@@H]2CCCN(N2)C1=O.C[C@H](NC(=O)[C@@H](OC(=O)C(C)(C)/C=C/c1ccc2ccc([C@@H](C)NC(=O)OC(C)(C)C)nc2c1)C(C)(C)C)C(=O)N1CCC[C@@H](C(=O)OCC(Cl)(Cl)Cl)N1. The number of alkyl carbamates (subject to hydrolysis) is 1. The third-order valence-electron chi connectivity index (χ3n) is 16.0. The molecule has 2 saturated heterocycles. The molecule has 8 atom stereocenters. The summed E-state index contributed by atoms with van der Waals surface area (Å²) < 4.78 is 20.3. The molecule has 3 aliphatic heterocycles. The van der Waals surface area contributed by atoms with E-state index in [2.05, 4.69) is 26.8 Å². The highest BCUT2D eigenvalue weighted by Gasteiger charge is 2.43. The van der Waals surface area contributed by atoms with Crippen molar-refractivity contribution in [1.29, 1.82) is 0 Å². The number of cyclic esters (lactones) is 1. The van der Waals surface area contributed by atoms with Gasteiger partial charge < -0.3 is 34.9 Å². The van der Waals surface area contributed by atoms with Crippen LogP contribution in [-0.4, -0.2) is 133 Å². The van der Waals surface area contributed by atoms with E-state index in [1.807, 2.05) is 101 Å². The number of benzene rings is 2. The van der Waals surface area contributed by atoms with Crippen molar-refractivity contribution in [2.75, 3.05) is 19.7 Å². The quantitative estimate of drug-likeness (QED) is 0.0530. The standard InChI is InChI=1S/C38H52Cl3N5O8.C32H42N4O5/c1-22(43-34(51)54-36(6,7)8)26-16-15-25-14-13-24(20-28(25)44-26)17-18-37(9,10)33(50)53-29(35(3,4)5)30(47)42-23(2)31(48)46-19-11-12-27(45-46)32(49)52-21-38(39,40)41;1-19-17-26(37)27(31(3,4)5)41-30(40)32(6,7)15-14-21-10-11-22-12-13-23(34-25(22)18-21)20(2)33-28(38)24-9-8-16-36(35-24)29(19)39/h13-18,20,22-23,27,29,45H,11-12,19,21H2,1-10H3,(H,42,47)(H,43,51);10-15,18-20,24,27,35H,8-9,16-17H2,1-7H3,(H,33,38)/b18-17+;15-14+/t22-,23+,27+,29-;19-,20-,24+,27-/m11/s1. The van der Waals surface area contributed by atoms with E-state index in [0.29, 0.717) is 49.1 Å². The summed E-state index contributed by atoms with van der Waals surface area (Å²) in [6.45, 7) is 30.1. The van der Waals surface area contributed by atoms with Gasteiger partial charge in [0.25, 0.3) is 11.8 Å². The fourth-order valence-electron chi connectivity index (χ4n) is 10.4. The highest BCUT2D eigenvalue weighted by molar-refractivity contribution is 6.67. The number of ether oxygens (including phenoxy) is 4. The van der Waals surface area contributed by atoms with Crippen LogP contribution in [0.2, 0.25) is 0 Å². The Balaban J connectivity index is 0.000000312. The van der Waals surface area contributed by atoms with Gasteiger partial charge in [-0.1, -0.05) is 144 Å². The Hall–Kier alpha value is -7.24. The molecule has 25 heteroatoms. The molecule has 22 nitrogen and oxygen atoms in total. The molecule has 5 heterocycles. The smallest absolute Gasteiger partial charge is 0.408 e. The first kappa shape index (κ1) is 76.8.